The zero-order chi connectivity index (χ0) is 18.8. The predicted octanol–water partition coefficient (Wildman–Crippen LogP) is 7.58. The topological polar surface area (TPSA) is 0 Å². The van der Waals surface area contributed by atoms with Crippen molar-refractivity contribution in [2.75, 3.05) is 0 Å². The smallest absolute Gasteiger partial charge is 0.00930 e. The number of fused-ring (bicyclic) bond motifs is 2. The molecule has 28 heavy (non-hydrogen) atoms. The van der Waals surface area contributed by atoms with Crippen molar-refractivity contribution < 1.29 is 0 Å². The molecule has 0 nitrogen and oxygen atoms in total. The van der Waals surface area contributed by atoms with Gasteiger partial charge in [-0.25, -0.2) is 0 Å². The first kappa shape index (κ1) is 16.5. The Morgan fingerprint density at radius 1 is 0.429 bits per heavy atom. The molecule has 0 N–H and O–H groups in total. The van der Waals surface area contributed by atoms with Crippen LogP contribution in [0.1, 0.15) is 16.7 Å². The Labute approximate surface area is 165 Å². The third-order valence-corrected chi connectivity index (χ3v) is 5.27. The number of hydrogen-bond donors (Lipinski definition) is 0. The molecule has 0 fully saturated rings. The molecule has 0 aromatic heterocycles. The Balaban J connectivity index is 1.85. The van der Waals surface area contributed by atoms with Gasteiger partial charge in [0.25, 0.3) is 0 Å². The van der Waals surface area contributed by atoms with Crippen LogP contribution in [0.2, 0.25) is 0 Å². The third kappa shape index (κ3) is 3.00. The quantitative estimate of drug-likeness (QED) is 0.292. The molecule has 0 saturated carbocycles. The Bertz CT molecular complexity index is 1200. The third-order valence-electron chi connectivity index (χ3n) is 5.27. The minimum Gasteiger partial charge on any atom is -0.0622 e. The summed E-state index contributed by atoms with van der Waals surface area (Å²) in [4.78, 5) is 0. The summed E-state index contributed by atoms with van der Waals surface area (Å²) in [6.07, 6.45) is 2.31. The van der Waals surface area contributed by atoms with Crippen LogP contribution in [0.3, 0.4) is 0 Å². The maximum atomic E-state index is 2.31. The summed E-state index contributed by atoms with van der Waals surface area (Å²) in [5, 5.41) is 5.08. The monoisotopic (exact) mass is 356 g/mol. The summed E-state index contributed by atoms with van der Waals surface area (Å²) in [5.41, 5.74) is 4.98. The number of benzene rings is 5. The second-order valence-corrected chi connectivity index (χ2v) is 7.02. The molecule has 0 aliphatic rings. The van der Waals surface area contributed by atoms with Crippen molar-refractivity contribution in [2.45, 2.75) is 0 Å². The predicted molar refractivity (Wildman–Crippen MR) is 121 cm³/mol. The maximum absolute atomic E-state index is 2.31. The molecule has 0 amide bonds. The summed E-state index contributed by atoms with van der Waals surface area (Å²) in [7, 11) is 0. The largest absolute Gasteiger partial charge is 0.0622 e. The molecule has 5 aromatic rings. The van der Waals surface area contributed by atoms with Gasteiger partial charge in [-0.3, -0.25) is 0 Å². The minimum atomic E-state index is 1.21. The fourth-order valence-corrected chi connectivity index (χ4v) is 3.94. The molecule has 0 heteroatoms. The van der Waals surface area contributed by atoms with E-state index in [-0.39, 0.29) is 0 Å². The highest BCUT2D eigenvalue weighted by molar-refractivity contribution is 6.08. The van der Waals surface area contributed by atoms with E-state index in [0.29, 0.717) is 0 Å². The van der Waals surface area contributed by atoms with E-state index >= 15 is 0 Å². The lowest BCUT2D eigenvalue weighted by Gasteiger charge is -2.15. The molecule has 0 aliphatic heterocycles. The fraction of sp³-hybridized carbons (Fsp3) is 0. The Morgan fingerprint density at radius 2 is 0.893 bits per heavy atom. The van der Waals surface area contributed by atoms with Crippen molar-refractivity contribution in [3.63, 3.8) is 0 Å². The van der Waals surface area contributed by atoms with Gasteiger partial charge >= 0.3 is 0 Å². The first-order valence-corrected chi connectivity index (χ1v) is 9.63. The van der Waals surface area contributed by atoms with Crippen molar-refractivity contribution in [1.82, 2.24) is 0 Å². The van der Waals surface area contributed by atoms with Crippen LogP contribution in [0.4, 0.5) is 0 Å². The number of hydrogen-bond acceptors (Lipinski definition) is 0. The lowest BCUT2D eigenvalue weighted by Crippen LogP contribution is -1.92. The van der Waals surface area contributed by atoms with Gasteiger partial charge in [-0.15, -0.1) is 0 Å². The van der Waals surface area contributed by atoms with Gasteiger partial charge in [0.1, 0.15) is 0 Å². The van der Waals surface area contributed by atoms with Gasteiger partial charge in [0.05, 0.1) is 0 Å². The van der Waals surface area contributed by atoms with Gasteiger partial charge in [0, 0.05) is 0 Å². The van der Waals surface area contributed by atoms with Crippen molar-refractivity contribution in [1.29, 1.82) is 0 Å². The molecule has 0 aliphatic carbocycles. The second kappa shape index (κ2) is 7.17. The summed E-state index contributed by atoms with van der Waals surface area (Å²) in [5.74, 6) is 0. The van der Waals surface area contributed by atoms with Crippen molar-refractivity contribution >= 4 is 33.2 Å². The SMILES string of the molecule is C(=C(c1cccc2ccccc12)c1cccc2ccccc12)c1ccccc1. The summed E-state index contributed by atoms with van der Waals surface area (Å²) >= 11 is 0. The number of rotatable bonds is 3. The van der Waals surface area contributed by atoms with Gasteiger partial charge < -0.3 is 0 Å². The molecule has 0 atom stereocenters. The molecular formula is C28H20. The van der Waals surface area contributed by atoms with E-state index in [4.69, 9.17) is 0 Å². The van der Waals surface area contributed by atoms with Crippen molar-refractivity contribution in [3.8, 4) is 0 Å². The van der Waals surface area contributed by atoms with E-state index in [1.807, 2.05) is 0 Å². The molecule has 132 valence electrons. The minimum absolute atomic E-state index is 1.21. The zero-order valence-corrected chi connectivity index (χ0v) is 15.5. The first-order chi connectivity index (χ1) is 13.9. The molecule has 0 heterocycles. The molecular weight excluding hydrogens is 336 g/mol. The van der Waals surface area contributed by atoms with E-state index in [1.54, 1.807) is 0 Å². The van der Waals surface area contributed by atoms with Crippen molar-refractivity contribution in [2.24, 2.45) is 0 Å². The first-order valence-electron chi connectivity index (χ1n) is 9.63. The summed E-state index contributed by atoms with van der Waals surface area (Å²) < 4.78 is 0. The molecule has 0 saturated heterocycles. The highest BCUT2D eigenvalue weighted by Crippen LogP contribution is 2.35. The summed E-state index contributed by atoms with van der Waals surface area (Å²) in [6.45, 7) is 0. The molecule has 5 rings (SSSR count). The van der Waals surface area contributed by atoms with E-state index in [9.17, 15) is 0 Å². The van der Waals surface area contributed by atoms with Crippen LogP contribution in [0.5, 0.6) is 0 Å². The maximum Gasteiger partial charge on any atom is -0.00930 e. The Morgan fingerprint density at radius 3 is 1.46 bits per heavy atom. The van der Waals surface area contributed by atoms with Crippen LogP contribution in [0.15, 0.2) is 115 Å². The highest BCUT2D eigenvalue weighted by Gasteiger charge is 2.12. The van der Waals surface area contributed by atoms with Crippen LogP contribution in [-0.2, 0) is 0 Å². The van der Waals surface area contributed by atoms with E-state index in [1.165, 1.54) is 43.8 Å². The van der Waals surface area contributed by atoms with Crippen LogP contribution in [0, 0.1) is 0 Å². The molecule has 0 radical (unpaired) electrons. The molecule has 0 spiro atoms. The van der Waals surface area contributed by atoms with Crippen molar-refractivity contribution in [3.05, 3.63) is 132 Å². The standard InChI is InChI=1S/C28H20/c1-2-10-21(11-3-1)20-28(26-18-8-14-22-12-4-6-16-24(22)26)27-19-9-15-23-13-5-7-17-25(23)27/h1-20H. The Kier molecular flexibility index (Phi) is 4.23. The van der Waals surface area contributed by atoms with E-state index < -0.39 is 0 Å². The molecule has 0 unspecified atom stereocenters. The van der Waals surface area contributed by atoms with Crippen LogP contribution in [-0.4, -0.2) is 0 Å². The second-order valence-electron chi connectivity index (χ2n) is 7.02. The van der Waals surface area contributed by atoms with Crippen LogP contribution in [0.25, 0.3) is 33.2 Å². The van der Waals surface area contributed by atoms with Gasteiger partial charge in [0.2, 0.25) is 0 Å². The zero-order valence-electron chi connectivity index (χ0n) is 15.5. The Hall–Kier alpha value is -3.64. The van der Waals surface area contributed by atoms with E-state index in [0.717, 1.165) is 0 Å². The van der Waals surface area contributed by atoms with Gasteiger partial charge in [-0.1, -0.05) is 115 Å². The lowest BCUT2D eigenvalue weighted by molar-refractivity contribution is 1.61. The normalized spacial score (nSPS) is 10.9. The fourth-order valence-electron chi connectivity index (χ4n) is 3.94. The summed E-state index contributed by atoms with van der Waals surface area (Å²) in [6, 6.07) is 41.0. The van der Waals surface area contributed by atoms with Crippen LogP contribution < -0.4 is 0 Å². The van der Waals surface area contributed by atoms with Gasteiger partial charge in [0.15, 0.2) is 0 Å². The highest BCUT2D eigenvalue weighted by atomic mass is 14.2. The molecule has 0 bridgehead atoms. The average molecular weight is 356 g/mol. The van der Waals surface area contributed by atoms with Crippen LogP contribution >= 0.6 is 0 Å². The lowest BCUT2D eigenvalue weighted by atomic mass is 9.89. The molecule has 5 aromatic carbocycles. The van der Waals surface area contributed by atoms with Gasteiger partial charge in [-0.05, 0) is 49.9 Å². The van der Waals surface area contributed by atoms with E-state index in [2.05, 4.69) is 121 Å². The van der Waals surface area contributed by atoms with Gasteiger partial charge in [-0.2, -0.15) is 0 Å². The average Bonchev–Trinajstić information content (AvgIpc) is 2.78.